The summed E-state index contributed by atoms with van der Waals surface area (Å²) in [5, 5.41) is 2.19. The molecule has 0 aliphatic carbocycles. The molecule has 0 radical (unpaired) electrons. The molecule has 4 amide bonds. The number of halogens is 1. The second kappa shape index (κ2) is 9.52. The Kier molecular flexibility index (Phi) is 6.83. The lowest BCUT2D eigenvalue weighted by Gasteiger charge is -2.28. The van der Waals surface area contributed by atoms with E-state index in [4.69, 9.17) is 4.74 Å². The fourth-order valence-electron chi connectivity index (χ4n) is 3.07. The first-order valence-corrected chi connectivity index (χ1v) is 9.25. The number of aliphatic imine (C=N–C) groups is 1. The molecule has 1 aromatic carbocycles. The van der Waals surface area contributed by atoms with Crippen molar-refractivity contribution in [1.29, 1.82) is 0 Å². The number of imide groups is 2. The van der Waals surface area contributed by atoms with Crippen LogP contribution in [0.25, 0.3) is 0 Å². The summed E-state index contributed by atoms with van der Waals surface area (Å²) in [7, 11) is 0. The number of morpholine rings is 1. The molecule has 2 fully saturated rings. The number of benzene rings is 1. The van der Waals surface area contributed by atoms with Gasteiger partial charge in [-0.05, 0) is 24.1 Å². The molecule has 1 N–H and O–H groups in total. The Balaban J connectivity index is 1.54. The van der Waals surface area contributed by atoms with E-state index in [-0.39, 0.29) is 12.4 Å². The first-order valence-electron chi connectivity index (χ1n) is 9.25. The number of rotatable bonds is 7. The normalized spacial score (nSPS) is 21.4. The van der Waals surface area contributed by atoms with Gasteiger partial charge in [0.1, 0.15) is 5.82 Å². The highest BCUT2D eigenvalue weighted by Gasteiger charge is 2.39. The van der Waals surface area contributed by atoms with Crippen LogP contribution >= 0.6 is 0 Å². The third kappa shape index (κ3) is 5.20. The minimum absolute atomic E-state index is 0.0989. The molecule has 0 unspecified atom stereocenters. The SMILES string of the molecule is O=C1NC(=O)N(CCc2ccc(F)cc2)C(=O)[C@H]1C=NCCN1CCOCC1. The summed E-state index contributed by atoms with van der Waals surface area (Å²) >= 11 is 0. The zero-order valence-electron chi connectivity index (χ0n) is 15.5. The molecule has 150 valence electrons. The van der Waals surface area contributed by atoms with Crippen LogP contribution < -0.4 is 5.32 Å². The Morgan fingerprint density at radius 1 is 1.14 bits per heavy atom. The lowest BCUT2D eigenvalue weighted by atomic mass is 10.1. The van der Waals surface area contributed by atoms with E-state index < -0.39 is 23.8 Å². The van der Waals surface area contributed by atoms with Crippen molar-refractivity contribution in [3.8, 4) is 0 Å². The Morgan fingerprint density at radius 3 is 2.57 bits per heavy atom. The molecule has 8 nitrogen and oxygen atoms in total. The molecule has 3 rings (SSSR count). The van der Waals surface area contributed by atoms with Gasteiger partial charge in [0.15, 0.2) is 5.92 Å². The smallest absolute Gasteiger partial charge is 0.330 e. The van der Waals surface area contributed by atoms with E-state index in [1.165, 1.54) is 18.3 Å². The summed E-state index contributed by atoms with van der Waals surface area (Å²) < 4.78 is 18.3. The van der Waals surface area contributed by atoms with E-state index in [9.17, 15) is 18.8 Å². The largest absolute Gasteiger partial charge is 0.379 e. The zero-order chi connectivity index (χ0) is 19.9. The lowest BCUT2D eigenvalue weighted by molar-refractivity contribution is -0.139. The fraction of sp³-hybridized carbons (Fsp3) is 0.474. The molecular weight excluding hydrogens is 367 g/mol. The highest BCUT2D eigenvalue weighted by atomic mass is 19.1. The summed E-state index contributed by atoms with van der Waals surface area (Å²) in [5.74, 6) is -2.72. The van der Waals surface area contributed by atoms with Crippen LogP contribution in [0.4, 0.5) is 9.18 Å². The van der Waals surface area contributed by atoms with E-state index in [1.54, 1.807) is 12.1 Å². The minimum Gasteiger partial charge on any atom is -0.379 e. The second-order valence-electron chi connectivity index (χ2n) is 6.65. The maximum Gasteiger partial charge on any atom is 0.330 e. The van der Waals surface area contributed by atoms with Crippen LogP contribution in [-0.2, 0) is 20.7 Å². The van der Waals surface area contributed by atoms with E-state index in [1.807, 2.05) is 0 Å². The lowest BCUT2D eigenvalue weighted by Crippen LogP contribution is -2.58. The third-order valence-electron chi connectivity index (χ3n) is 4.73. The molecule has 2 aliphatic heterocycles. The predicted octanol–water partition coefficient (Wildman–Crippen LogP) is 0.466. The quantitative estimate of drug-likeness (QED) is 0.540. The Hall–Kier alpha value is -2.65. The number of amides is 4. The highest BCUT2D eigenvalue weighted by molar-refractivity contribution is 6.23. The van der Waals surface area contributed by atoms with E-state index >= 15 is 0 Å². The maximum atomic E-state index is 13.0. The molecule has 2 heterocycles. The standard InChI is InChI=1S/C19H23FN4O4/c20-15-3-1-14(2-4-15)5-7-24-18(26)16(17(25)22-19(24)27)13-21-6-8-23-9-11-28-12-10-23/h1-4,13,16H,5-12H2,(H,22,25,27)/t16-/m0/s1. The van der Waals surface area contributed by atoms with Crippen molar-refractivity contribution in [1.82, 2.24) is 15.1 Å². The van der Waals surface area contributed by atoms with Crippen LogP contribution in [0, 0.1) is 11.7 Å². The zero-order valence-corrected chi connectivity index (χ0v) is 15.5. The van der Waals surface area contributed by atoms with Crippen molar-refractivity contribution in [3.05, 3.63) is 35.6 Å². The molecular formula is C19H23FN4O4. The van der Waals surface area contributed by atoms with Gasteiger partial charge in [-0.1, -0.05) is 12.1 Å². The number of carbonyl (C=O) groups is 3. The summed E-state index contributed by atoms with van der Waals surface area (Å²) in [6.45, 7) is 4.34. The van der Waals surface area contributed by atoms with Crippen molar-refractivity contribution in [3.63, 3.8) is 0 Å². The van der Waals surface area contributed by atoms with Gasteiger partial charge in [0.2, 0.25) is 11.8 Å². The Labute approximate surface area is 162 Å². The number of barbiturate groups is 1. The van der Waals surface area contributed by atoms with Crippen LogP contribution in [-0.4, -0.2) is 79.8 Å². The first-order chi connectivity index (χ1) is 13.5. The van der Waals surface area contributed by atoms with Crippen LogP contribution in [0.5, 0.6) is 0 Å². The molecule has 0 aromatic heterocycles. The first kappa shape index (κ1) is 20.1. The molecule has 1 atom stereocenters. The van der Waals surface area contributed by atoms with E-state index in [0.717, 1.165) is 30.1 Å². The highest BCUT2D eigenvalue weighted by Crippen LogP contribution is 2.11. The second-order valence-corrected chi connectivity index (χ2v) is 6.65. The topological polar surface area (TPSA) is 91.3 Å². The van der Waals surface area contributed by atoms with Gasteiger partial charge in [-0.25, -0.2) is 9.18 Å². The van der Waals surface area contributed by atoms with E-state index in [0.29, 0.717) is 26.2 Å². The summed E-state index contributed by atoms with van der Waals surface area (Å²) in [5.41, 5.74) is 0.787. The van der Waals surface area contributed by atoms with Crippen LogP contribution in [0.3, 0.4) is 0 Å². The number of nitrogens with zero attached hydrogens (tertiary/aromatic N) is 3. The van der Waals surface area contributed by atoms with Crippen molar-refractivity contribution in [2.24, 2.45) is 10.9 Å². The maximum absolute atomic E-state index is 13.0. The molecule has 1 aromatic rings. The molecule has 2 aliphatic rings. The van der Waals surface area contributed by atoms with E-state index in [2.05, 4.69) is 15.2 Å². The van der Waals surface area contributed by atoms with Crippen molar-refractivity contribution in [2.45, 2.75) is 6.42 Å². The number of ether oxygens (including phenoxy) is 1. The predicted molar refractivity (Wildman–Crippen MR) is 99.5 cm³/mol. The fourth-order valence-corrected chi connectivity index (χ4v) is 3.07. The number of urea groups is 1. The average molecular weight is 390 g/mol. The van der Waals surface area contributed by atoms with Gasteiger partial charge < -0.3 is 4.74 Å². The summed E-state index contributed by atoms with van der Waals surface area (Å²) in [6, 6.07) is 5.09. The summed E-state index contributed by atoms with van der Waals surface area (Å²) in [4.78, 5) is 44.0. The molecule has 2 saturated heterocycles. The Bertz CT molecular complexity index is 747. The molecule has 28 heavy (non-hydrogen) atoms. The van der Waals surface area contributed by atoms with Gasteiger partial charge in [0.25, 0.3) is 0 Å². The number of nitrogens with one attached hydrogen (secondary N) is 1. The van der Waals surface area contributed by atoms with Gasteiger partial charge in [-0.2, -0.15) is 0 Å². The van der Waals surface area contributed by atoms with Crippen molar-refractivity contribution in [2.75, 3.05) is 45.9 Å². The third-order valence-corrected chi connectivity index (χ3v) is 4.73. The molecule has 0 spiro atoms. The number of hydrogen-bond acceptors (Lipinski definition) is 6. The molecule has 9 heteroatoms. The minimum atomic E-state index is -1.12. The van der Waals surface area contributed by atoms with Crippen LogP contribution in [0.1, 0.15) is 5.56 Å². The van der Waals surface area contributed by atoms with Gasteiger partial charge >= 0.3 is 6.03 Å². The number of hydrogen-bond donors (Lipinski definition) is 1. The molecule has 0 bridgehead atoms. The average Bonchev–Trinajstić information content (AvgIpc) is 2.69. The van der Waals surface area contributed by atoms with Crippen molar-refractivity contribution >= 4 is 24.1 Å². The van der Waals surface area contributed by atoms with Crippen LogP contribution in [0.15, 0.2) is 29.3 Å². The van der Waals surface area contributed by atoms with Gasteiger partial charge in [-0.3, -0.25) is 29.7 Å². The number of carbonyl (C=O) groups excluding carboxylic acids is 3. The Morgan fingerprint density at radius 2 is 1.86 bits per heavy atom. The van der Waals surface area contributed by atoms with Crippen molar-refractivity contribution < 1.29 is 23.5 Å². The van der Waals surface area contributed by atoms with Gasteiger partial charge in [-0.15, -0.1) is 0 Å². The summed E-state index contributed by atoms with van der Waals surface area (Å²) in [6.07, 6.45) is 1.68. The monoisotopic (exact) mass is 390 g/mol. The van der Waals surface area contributed by atoms with Gasteiger partial charge in [0, 0.05) is 32.4 Å². The molecule has 0 saturated carbocycles. The van der Waals surface area contributed by atoms with Gasteiger partial charge in [0.05, 0.1) is 19.8 Å². The van der Waals surface area contributed by atoms with Crippen LogP contribution in [0.2, 0.25) is 0 Å².